The average Bonchev–Trinajstić information content (AvgIpc) is 2.81. The van der Waals surface area contributed by atoms with Crippen molar-refractivity contribution in [2.45, 2.75) is 0 Å². The van der Waals surface area contributed by atoms with E-state index in [1.807, 2.05) is 6.07 Å². The second kappa shape index (κ2) is 4.73. The number of nitro groups is 1. The predicted molar refractivity (Wildman–Crippen MR) is 81.1 cm³/mol. The van der Waals surface area contributed by atoms with Gasteiger partial charge in [0.1, 0.15) is 5.01 Å². The van der Waals surface area contributed by atoms with E-state index in [1.54, 1.807) is 12.1 Å². The number of rotatable bonds is 2. The fraction of sp³-hybridized carbons (Fsp3) is 0. The van der Waals surface area contributed by atoms with Gasteiger partial charge in [0.25, 0.3) is 5.69 Å². The van der Waals surface area contributed by atoms with E-state index < -0.39 is 4.92 Å². The maximum absolute atomic E-state index is 10.8. The minimum Gasteiger partial charge on any atom is -0.398 e. The van der Waals surface area contributed by atoms with Gasteiger partial charge in [0.15, 0.2) is 0 Å². The number of nitrogens with two attached hydrogens (primary N) is 1. The normalized spacial score (nSPS) is 10.8. The number of nitrogen functional groups attached to an aromatic ring is 1. The molecule has 0 aliphatic heterocycles. The Morgan fingerprint density at radius 1 is 1.25 bits per heavy atom. The van der Waals surface area contributed by atoms with Gasteiger partial charge in [0, 0.05) is 28.4 Å². The van der Waals surface area contributed by atoms with Crippen molar-refractivity contribution in [1.82, 2.24) is 4.98 Å². The van der Waals surface area contributed by atoms with Gasteiger partial charge in [-0.2, -0.15) is 0 Å². The molecular formula is C13H8ClN3O2S. The van der Waals surface area contributed by atoms with E-state index in [1.165, 1.54) is 29.5 Å². The van der Waals surface area contributed by atoms with Gasteiger partial charge in [-0.1, -0.05) is 11.6 Å². The SMILES string of the molecule is Nc1ccc([N+](=O)[O-])cc1-c1nc2cc(Cl)ccc2s1. The van der Waals surface area contributed by atoms with Gasteiger partial charge in [-0.15, -0.1) is 11.3 Å². The summed E-state index contributed by atoms with van der Waals surface area (Å²) < 4.78 is 0.954. The maximum Gasteiger partial charge on any atom is 0.270 e. The lowest BCUT2D eigenvalue weighted by atomic mass is 10.1. The van der Waals surface area contributed by atoms with E-state index in [4.69, 9.17) is 17.3 Å². The third kappa shape index (κ3) is 2.19. The molecular weight excluding hydrogens is 298 g/mol. The van der Waals surface area contributed by atoms with Crippen LogP contribution in [-0.2, 0) is 0 Å². The number of hydrogen-bond donors (Lipinski definition) is 1. The van der Waals surface area contributed by atoms with Gasteiger partial charge >= 0.3 is 0 Å². The summed E-state index contributed by atoms with van der Waals surface area (Å²) in [7, 11) is 0. The van der Waals surface area contributed by atoms with Crippen LogP contribution in [0.3, 0.4) is 0 Å². The minimum atomic E-state index is -0.451. The van der Waals surface area contributed by atoms with Gasteiger partial charge in [-0.05, 0) is 24.3 Å². The topological polar surface area (TPSA) is 82.0 Å². The first-order valence-electron chi connectivity index (χ1n) is 5.65. The Morgan fingerprint density at radius 2 is 2.05 bits per heavy atom. The number of aromatic nitrogens is 1. The molecule has 0 bridgehead atoms. The van der Waals surface area contributed by atoms with Gasteiger partial charge in [0.2, 0.25) is 0 Å². The van der Waals surface area contributed by atoms with Crippen LogP contribution in [0.15, 0.2) is 36.4 Å². The summed E-state index contributed by atoms with van der Waals surface area (Å²) in [6, 6.07) is 9.74. The van der Waals surface area contributed by atoms with Crippen LogP contribution in [0.4, 0.5) is 11.4 Å². The van der Waals surface area contributed by atoms with Crippen molar-refractivity contribution in [3.63, 3.8) is 0 Å². The fourth-order valence-corrected chi connectivity index (χ4v) is 3.01. The number of benzene rings is 2. The van der Waals surface area contributed by atoms with Gasteiger partial charge in [-0.3, -0.25) is 10.1 Å². The molecule has 0 unspecified atom stereocenters. The Labute approximate surface area is 122 Å². The minimum absolute atomic E-state index is 0.00788. The highest BCUT2D eigenvalue weighted by Gasteiger charge is 2.14. The Balaban J connectivity index is 2.19. The summed E-state index contributed by atoms with van der Waals surface area (Å²) >= 11 is 7.34. The van der Waals surface area contributed by atoms with Gasteiger partial charge in [0.05, 0.1) is 15.1 Å². The van der Waals surface area contributed by atoms with Crippen LogP contribution >= 0.6 is 22.9 Å². The van der Waals surface area contributed by atoms with E-state index in [0.29, 0.717) is 21.3 Å². The summed E-state index contributed by atoms with van der Waals surface area (Å²) in [6.45, 7) is 0. The summed E-state index contributed by atoms with van der Waals surface area (Å²) in [5, 5.41) is 12.1. The quantitative estimate of drug-likeness (QED) is 0.439. The third-order valence-electron chi connectivity index (χ3n) is 2.83. The lowest BCUT2D eigenvalue weighted by Crippen LogP contribution is -1.93. The number of thiazole rings is 1. The summed E-state index contributed by atoms with van der Waals surface area (Å²) in [5.41, 5.74) is 7.66. The van der Waals surface area contributed by atoms with E-state index >= 15 is 0 Å². The third-order valence-corrected chi connectivity index (χ3v) is 4.13. The molecule has 5 nitrogen and oxygen atoms in total. The standard InChI is InChI=1S/C13H8ClN3O2S/c14-7-1-4-12-11(5-7)16-13(20-12)9-6-8(17(18)19)2-3-10(9)15/h1-6H,15H2. The Bertz CT molecular complexity index is 832. The first-order valence-corrected chi connectivity index (χ1v) is 6.84. The molecule has 2 aromatic carbocycles. The molecule has 20 heavy (non-hydrogen) atoms. The van der Waals surface area contributed by atoms with Crippen LogP contribution in [0.1, 0.15) is 0 Å². The monoisotopic (exact) mass is 305 g/mol. The number of nitrogens with zero attached hydrogens (tertiary/aromatic N) is 2. The molecule has 0 aliphatic rings. The van der Waals surface area contributed by atoms with Crippen LogP contribution in [0, 0.1) is 10.1 Å². The molecule has 100 valence electrons. The summed E-state index contributed by atoms with van der Waals surface area (Å²) in [4.78, 5) is 14.8. The van der Waals surface area contributed by atoms with E-state index in [2.05, 4.69) is 4.98 Å². The van der Waals surface area contributed by atoms with Crippen molar-refractivity contribution < 1.29 is 4.92 Å². The van der Waals surface area contributed by atoms with Crippen LogP contribution in [0.2, 0.25) is 5.02 Å². The lowest BCUT2D eigenvalue weighted by Gasteiger charge is -2.01. The number of hydrogen-bond acceptors (Lipinski definition) is 5. The molecule has 0 saturated carbocycles. The Kier molecular flexibility index (Phi) is 3.04. The number of fused-ring (bicyclic) bond motifs is 1. The van der Waals surface area contributed by atoms with Crippen LogP contribution in [0.5, 0.6) is 0 Å². The molecule has 0 atom stereocenters. The summed E-state index contributed by atoms with van der Waals surface area (Å²) in [5.74, 6) is 0. The smallest absolute Gasteiger partial charge is 0.270 e. The largest absolute Gasteiger partial charge is 0.398 e. The first-order chi connectivity index (χ1) is 9.54. The highest BCUT2D eigenvalue weighted by Crippen LogP contribution is 2.36. The molecule has 0 radical (unpaired) electrons. The van der Waals surface area contributed by atoms with Crippen molar-refractivity contribution in [2.75, 3.05) is 5.73 Å². The molecule has 3 rings (SSSR count). The lowest BCUT2D eigenvalue weighted by molar-refractivity contribution is -0.384. The molecule has 0 spiro atoms. The molecule has 2 N–H and O–H groups in total. The van der Waals surface area contributed by atoms with Crippen LogP contribution in [-0.4, -0.2) is 9.91 Å². The molecule has 1 aromatic heterocycles. The Hall–Kier alpha value is -2.18. The number of nitro benzene ring substituents is 1. The fourth-order valence-electron chi connectivity index (χ4n) is 1.86. The average molecular weight is 306 g/mol. The highest BCUT2D eigenvalue weighted by atomic mass is 35.5. The van der Waals surface area contributed by atoms with Crippen molar-refractivity contribution in [3.8, 4) is 10.6 Å². The number of anilines is 1. The van der Waals surface area contributed by atoms with Crippen LogP contribution < -0.4 is 5.73 Å². The number of non-ortho nitro benzene ring substituents is 1. The zero-order chi connectivity index (χ0) is 14.3. The molecule has 7 heteroatoms. The van der Waals surface area contributed by atoms with Crippen molar-refractivity contribution in [2.24, 2.45) is 0 Å². The summed E-state index contributed by atoms with van der Waals surface area (Å²) in [6.07, 6.45) is 0. The first kappa shape index (κ1) is 12.8. The van der Waals surface area contributed by atoms with Crippen molar-refractivity contribution >= 4 is 44.5 Å². The Morgan fingerprint density at radius 3 is 2.80 bits per heavy atom. The number of halogens is 1. The molecule has 0 amide bonds. The zero-order valence-electron chi connectivity index (χ0n) is 10.0. The maximum atomic E-state index is 10.8. The molecule has 0 aliphatic carbocycles. The van der Waals surface area contributed by atoms with Crippen molar-refractivity contribution in [1.29, 1.82) is 0 Å². The zero-order valence-corrected chi connectivity index (χ0v) is 11.6. The van der Waals surface area contributed by atoms with Crippen LogP contribution in [0.25, 0.3) is 20.8 Å². The second-order valence-electron chi connectivity index (χ2n) is 4.16. The van der Waals surface area contributed by atoms with E-state index in [9.17, 15) is 10.1 Å². The van der Waals surface area contributed by atoms with E-state index in [0.717, 1.165) is 10.2 Å². The molecule has 3 aromatic rings. The van der Waals surface area contributed by atoms with Gasteiger partial charge < -0.3 is 5.73 Å². The van der Waals surface area contributed by atoms with Crippen molar-refractivity contribution in [3.05, 3.63) is 51.5 Å². The highest BCUT2D eigenvalue weighted by molar-refractivity contribution is 7.21. The van der Waals surface area contributed by atoms with E-state index in [-0.39, 0.29) is 5.69 Å². The molecule has 0 fully saturated rings. The second-order valence-corrected chi connectivity index (χ2v) is 5.63. The van der Waals surface area contributed by atoms with Gasteiger partial charge in [-0.25, -0.2) is 4.98 Å². The predicted octanol–water partition coefficient (Wildman–Crippen LogP) is 4.11. The molecule has 0 saturated heterocycles. The molecule has 1 heterocycles.